The fraction of sp³-hybridized carbons (Fsp3) is 0.353. The van der Waals surface area contributed by atoms with Crippen molar-refractivity contribution >= 4 is 32.4 Å². The quantitative estimate of drug-likeness (QED) is 0.855. The first kappa shape index (κ1) is 15.4. The molecule has 0 spiro atoms. The molecule has 0 bridgehead atoms. The molecule has 0 aliphatic carbocycles. The number of hydrogen-bond acceptors (Lipinski definition) is 4. The molecule has 2 saturated heterocycles. The van der Waals surface area contributed by atoms with Crippen molar-refractivity contribution in [3.05, 3.63) is 36.4 Å². The molecule has 0 aromatic heterocycles. The Bertz CT molecular complexity index is 926. The molecule has 0 radical (unpaired) electrons. The van der Waals surface area contributed by atoms with Crippen LogP contribution in [0.5, 0.6) is 0 Å². The summed E-state index contributed by atoms with van der Waals surface area (Å²) in [4.78, 5) is 13.8. The van der Waals surface area contributed by atoms with Crippen LogP contribution >= 0.6 is 0 Å². The lowest BCUT2D eigenvalue weighted by Crippen LogP contribution is -2.44. The predicted octanol–water partition coefficient (Wildman–Crippen LogP) is 1.20. The second-order valence-corrected chi connectivity index (χ2v) is 8.09. The number of anilines is 1. The first-order valence-corrected chi connectivity index (χ1v) is 9.57. The number of rotatable bonds is 2. The van der Waals surface area contributed by atoms with Gasteiger partial charge in [0.25, 0.3) is 0 Å². The summed E-state index contributed by atoms with van der Waals surface area (Å²) in [5.41, 5.74) is 0.652. The van der Waals surface area contributed by atoms with Crippen molar-refractivity contribution in [1.82, 2.24) is 5.32 Å². The maximum atomic E-state index is 12.1. The molecular weight excluding hydrogens is 326 g/mol. The average Bonchev–Trinajstić information content (AvgIpc) is 2.95. The van der Waals surface area contributed by atoms with Gasteiger partial charge in [-0.05, 0) is 23.8 Å². The lowest BCUT2D eigenvalue weighted by atomic mass is 9.94. The zero-order valence-corrected chi connectivity index (χ0v) is 13.9. The molecule has 2 aliphatic heterocycles. The van der Waals surface area contributed by atoms with E-state index in [0.29, 0.717) is 24.6 Å². The molecule has 4 rings (SSSR count). The van der Waals surface area contributed by atoms with Gasteiger partial charge in [-0.15, -0.1) is 0 Å². The van der Waals surface area contributed by atoms with Crippen LogP contribution < -0.4 is 15.4 Å². The number of fused-ring (bicyclic) bond motifs is 2. The number of sulfonamides is 1. The summed E-state index contributed by atoms with van der Waals surface area (Å²) in [5.74, 6) is 0.415. The summed E-state index contributed by atoms with van der Waals surface area (Å²) in [5, 5.41) is 10.3. The van der Waals surface area contributed by atoms with E-state index in [1.54, 1.807) is 12.1 Å². The van der Waals surface area contributed by atoms with Crippen LogP contribution in [-0.2, 0) is 14.8 Å². The molecule has 126 valence electrons. The Kier molecular flexibility index (Phi) is 3.51. The maximum Gasteiger partial charge on any atom is 0.240 e. The molecule has 2 atom stereocenters. The van der Waals surface area contributed by atoms with Gasteiger partial charge in [0.2, 0.25) is 15.9 Å². The summed E-state index contributed by atoms with van der Waals surface area (Å²) in [6.07, 6.45) is 1.37. The third kappa shape index (κ3) is 2.53. The topological polar surface area (TPSA) is 92.5 Å². The lowest BCUT2D eigenvalue weighted by Gasteiger charge is -2.24. The van der Waals surface area contributed by atoms with Crippen LogP contribution in [0.15, 0.2) is 41.3 Å². The Hall–Kier alpha value is -2.12. The highest BCUT2D eigenvalue weighted by molar-refractivity contribution is 7.89. The van der Waals surface area contributed by atoms with E-state index >= 15 is 0 Å². The smallest absolute Gasteiger partial charge is 0.240 e. The van der Waals surface area contributed by atoms with Gasteiger partial charge in [0.05, 0.1) is 11.7 Å². The van der Waals surface area contributed by atoms with Crippen molar-refractivity contribution in [1.29, 1.82) is 0 Å². The molecule has 2 unspecified atom stereocenters. The molecule has 24 heavy (non-hydrogen) atoms. The van der Waals surface area contributed by atoms with Gasteiger partial charge in [-0.1, -0.05) is 30.3 Å². The number of carbonyl (C=O) groups is 1. The molecule has 2 fully saturated rings. The summed E-state index contributed by atoms with van der Waals surface area (Å²) in [7, 11) is -3.83. The van der Waals surface area contributed by atoms with E-state index in [0.717, 1.165) is 23.7 Å². The average molecular weight is 345 g/mol. The number of nitrogens with zero attached hydrogens (tertiary/aromatic N) is 1. The fourth-order valence-corrected chi connectivity index (χ4v) is 4.66. The molecule has 2 aliphatic rings. The normalized spacial score (nSPS) is 24.0. The van der Waals surface area contributed by atoms with Crippen molar-refractivity contribution < 1.29 is 13.2 Å². The maximum absolute atomic E-state index is 12.1. The van der Waals surface area contributed by atoms with Gasteiger partial charge in [0.1, 0.15) is 4.90 Å². The first-order chi connectivity index (χ1) is 11.4. The largest absolute Gasteiger partial charge is 0.368 e. The van der Waals surface area contributed by atoms with Gasteiger partial charge in [0, 0.05) is 24.9 Å². The molecular formula is C17H19N3O3S. The molecule has 2 aromatic rings. The van der Waals surface area contributed by atoms with Crippen molar-refractivity contribution in [3.63, 3.8) is 0 Å². The molecule has 6 nitrogen and oxygen atoms in total. The zero-order valence-electron chi connectivity index (χ0n) is 13.1. The number of benzene rings is 2. The Morgan fingerprint density at radius 2 is 1.92 bits per heavy atom. The highest BCUT2D eigenvalue weighted by atomic mass is 32.2. The van der Waals surface area contributed by atoms with Gasteiger partial charge >= 0.3 is 0 Å². The van der Waals surface area contributed by atoms with Crippen LogP contribution in [0.2, 0.25) is 0 Å². The van der Waals surface area contributed by atoms with Gasteiger partial charge in [-0.25, -0.2) is 13.6 Å². The van der Waals surface area contributed by atoms with E-state index in [1.807, 2.05) is 24.3 Å². The lowest BCUT2D eigenvalue weighted by molar-refractivity contribution is -0.123. The minimum absolute atomic E-state index is 0.0681. The number of amides is 1. The Balaban J connectivity index is 1.85. The first-order valence-electron chi connectivity index (χ1n) is 8.02. The van der Waals surface area contributed by atoms with Crippen LogP contribution in [-0.4, -0.2) is 33.5 Å². The second-order valence-electron chi connectivity index (χ2n) is 6.56. The Morgan fingerprint density at radius 1 is 1.12 bits per heavy atom. The van der Waals surface area contributed by atoms with Gasteiger partial charge in [-0.3, -0.25) is 4.79 Å². The number of piperidine rings is 1. The zero-order chi connectivity index (χ0) is 16.9. The summed E-state index contributed by atoms with van der Waals surface area (Å²) >= 11 is 0. The van der Waals surface area contributed by atoms with Gasteiger partial charge < -0.3 is 10.2 Å². The van der Waals surface area contributed by atoms with Crippen molar-refractivity contribution in [2.24, 2.45) is 11.1 Å². The van der Waals surface area contributed by atoms with Crippen LogP contribution in [0, 0.1) is 5.92 Å². The SMILES string of the molecule is NS(=O)(=O)c1ccc2ccccc2c1N1CC2CCC(=O)NC2C1. The molecule has 2 aromatic carbocycles. The number of nitrogens with two attached hydrogens (primary N) is 1. The van der Waals surface area contributed by atoms with Crippen LogP contribution in [0.4, 0.5) is 5.69 Å². The van der Waals surface area contributed by atoms with Crippen molar-refractivity contribution in [2.75, 3.05) is 18.0 Å². The third-order valence-electron chi connectivity index (χ3n) is 5.02. The van der Waals surface area contributed by atoms with Crippen molar-refractivity contribution in [3.8, 4) is 0 Å². The molecule has 0 saturated carbocycles. The van der Waals surface area contributed by atoms with E-state index in [-0.39, 0.29) is 16.8 Å². The number of carbonyl (C=O) groups excluding carboxylic acids is 1. The number of nitrogens with one attached hydrogen (secondary N) is 1. The minimum Gasteiger partial charge on any atom is -0.368 e. The predicted molar refractivity (Wildman–Crippen MR) is 92.2 cm³/mol. The molecule has 7 heteroatoms. The van der Waals surface area contributed by atoms with E-state index in [1.165, 1.54) is 0 Å². The number of primary sulfonamides is 1. The summed E-state index contributed by atoms with van der Waals surface area (Å²) < 4.78 is 24.2. The van der Waals surface area contributed by atoms with Gasteiger partial charge in [-0.2, -0.15) is 0 Å². The summed E-state index contributed by atoms with van der Waals surface area (Å²) in [6.45, 7) is 1.33. The van der Waals surface area contributed by atoms with E-state index in [4.69, 9.17) is 5.14 Å². The highest BCUT2D eigenvalue weighted by Crippen LogP contribution is 2.37. The number of hydrogen-bond donors (Lipinski definition) is 2. The second kappa shape index (κ2) is 5.46. The van der Waals surface area contributed by atoms with Crippen LogP contribution in [0.3, 0.4) is 0 Å². The van der Waals surface area contributed by atoms with E-state index in [2.05, 4.69) is 10.2 Å². The summed E-state index contributed by atoms with van der Waals surface area (Å²) in [6, 6.07) is 11.1. The highest BCUT2D eigenvalue weighted by Gasteiger charge is 2.38. The Morgan fingerprint density at radius 3 is 2.71 bits per heavy atom. The van der Waals surface area contributed by atoms with Gasteiger partial charge in [0.15, 0.2) is 0 Å². The monoisotopic (exact) mass is 345 g/mol. The standard InChI is InChI=1S/C17H19N3O3S/c18-24(22,23)15-7-5-11-3-1-2-4-13(11)17(15)20-9-12-6-8-16(21)19-14(12)10-20/h1-5,7,12,14H,6,8-10H2,(H,19,21)(H2,18,22,23). The molecule has 3 N–H and O–H groups in total. The van der Waals surface area contributed by atoms with E-state index < -0.39 is 10.0 Å². The van der Waals surface area contributed by atoms with Crippen molar-refractivity contribution in [2.45, 2.75) is 23.8 Å². The molecule has 2 heterocycles. The minimum atomic E-state index is -3.83. The molecule has 1 amide bonds. The Labute approximate surface area is 140 Å². The fourth-order valence-electron chi connectivity index (χ4n) is 3.90. The van der Waals surface area contributed by atoms with Crippen LogP contribution in [0.25, 0.3) is 10.8 Å². The van der Waals surface area contributed by atoms with E-state index in [9.17, 15) is 13.2 Å². The third-order valence-corrected chi connectivity index (χ3v) is 5.96. The van der Waals surface area contributed by atoms with Crippen LogP contribution in [0.1, 0.15) is 12.8 Å².